The first-order chi connectivity index (χ1) is 9.60. The average Bonchev–Trinajstić information content (AvgIpc) is 2.43. The van der Waals surface area contributed by atoms with Crippen LogP contribution in [0.5, 0.6) is 0 Å². The van der Waals surface area contributed by atoms with E-state index in [-0.39, 0.29) is 6.04 Å². The van der Waals surface area contributed by atoms with Crippen LogP contribution in [0.25, 0.3) is 0 Å². The lowest BCUT2D eigenvalue weighted by atomic mass is 9.99. The number of hydrogen-bond donors (Lipinski definition) is 2. The first-order valence-corrected chi connectivity index (χ1v) is 7.78. The summed E-state index contributed by atoms with van der Waals surface area (Å²) in [5, 5.41) is 1.49. The van der Waals surface area contributed by atoms with Crippen LogP contribution in [0.2, 0.25) is 10.0 Å². The van der Waals surface area contributed by atoms with Gasteiger partial charge in [-0.1, -0.05) is 63.4 Å². The average molecular weight is 374 g/mol. The van der Waals surface area contributed by atoms with E-state index < -0.39 is 0 Å². The molecule has 0 aliphatic carbocycles. The van der Waals surface area contributed by atoms with Crippen molar-refractivity contribution in [3.05, 3.63) is 68.1 Å². The monoisotopic (exact) mass is 372 g/mol. The van der Waals surface area contributed by atoms with E-state index in [9.17, 15) is 0 Å². The van der Waals surface area contributed by atoms with Gasteiger partial charge in [0.05, 0.1) is 0 Å². The highest BCUT2D eigenvalue weighted by molar-refractivity contribution is 9.10. The Bertz CT molecular complexity index is 590. The lowest BCUT2D eigenvalue weighted by Gasteiger charge is -2.17. The maximum absolute atomic E-state index is 6.24. The molecule has 0 fully saturated rings. The number of hydrazine groups is 1. The molecule has 1 unspecified atom stereocenters. The summed E-state index contributed by atoms with van der Waals surface area (Å²) in [5.74, 6) is 5.65. The number of rotatable bonds is 5. The van der Waals surface area contributed by atoms with E-state index in [4.69, 9.17) is 29.0 Å². The second-order valence-corrected chi connectivity index (χ2v) is 6.33. The van der Waals surface area contributed by atoms with Gasteiger partial charge in [-0.25, -0.2) is 0 Å². The van der Waals surface area contributed by atoms with Crippen LogP contribution in [0.3, 0.4) is 0 Å². The molecular weight excluding hydrogens is 359 g/mol. The van der Waals surface area contributed by atoms with Crippen molar-refractivity contribution >= 4 is 39.1 Å². The molecule has 0 saturated carbocycles. The Labute approximate surface area is 137 Å². The molecule has 0 aliphatic rings. The molecule has 3 N–H and O–H groups in total. The standard InChI is InChI=1S/C15H15BrCl2N2/c16-12-6-5-11(15(18)9-12)8-13(20-19)7-10-3-1-2-4-14(10)17/h1-6,9,13,20H,7-8,19H2. The maximum Gasteiger partial charge on any atom is 0.0449 e. The quantitative estimate of drug-likeness (QED) is 0.603. The van der Waals surface area contributed by atoms with Gasteiger partial charge < -0.3 is 0 Å². The fraction of sp³-hybridized carbons (Fsp3) is 0.200. The zero-order valence-electron chi connectivity index (χ0n) is 10.7. The van der Waals surface area contributed by atoms with Gasteiger partial charge in [-0.05, 0) is 42.2 Å². The first-order valence-electron chi connectivity index (χ1n) is 6.23. The van der Waals surface area contributed by atoms with Crippen LogP contribution in [0.1, 0.15) is 11.1 Å². The molecule has 20 heavy (non-hydrogen) atoms. The van der Waals surface area contributed by atoms with Gasteiger partial charge in [0, 0.05) is 20.6 Å². The van der Waals surface area contributed by atoms with E-state index in [2.05, 4.69) is 21.4 Å². The van der Waals surface area contributed by atoms with Crippen LogP contribution in [-0.4, -0.2) is 6.04 Å². The van der Waals surface area contributed by atoms with Crippen molar-refractivity contribution in [3.63, 3.8) is 0 Å². The Morgan fingerprint density at radius 1 is 1.00 bits per heavy atom. The van der Waals surface area contributed by atoms with Gasteiger partial charge in [0.25, 0.3) is 0 Å². The van der Waals surface area contributed by atoms with E-state index in [0.29, 0.717) is 0 Å². The third-order valence-corrected chi connectivity index (χ3v) is 4.36. The highest BCUT2D eigenvalue weighted by atomic mass is 79.9. The molecule has 0 heterocycles. The minimum absolute atomic E-state index is 0.0774. The number of benzene rings is 2. The molecule has 2 aromatic carbocycles. The van der Waals surface area contributed by atoms with Crippen LogP contribution in [0, 0.1) is 0 Å². The topological polar surface area (TPSA) is 38.0 Å². The molecule has 0 radical (unpaired) electrons. The summed E-state index contributed by atoms with van der Waals surface area (Å²) in [4.78, 5) is 0. The van der Waals surface area contributed by atoms with E-state index in [1.807, 2.05) is 42.5 Å². The fourth-order valence-corrected chi connectivity index (χ4v) is 3.04. The smallest absolute Gasteiger partial charge is 0.0449 e. The Morgan fingerprint density at radius 2 is 1.65 bits per heavy atom. The highest BCUT2D eigenvalue weighted by Gasteiger charge is 2.13. The predicted octanol–water partition coefficient (Wildman–Crippen LogP) is 4.37. The van der Waals surface area contributed by atoms with Gasteiger partial charge >= 0.3 is 0 Å². The fourth-order valence-electron chi connectivity index (χ4n) is 2.07. The van der Waals surface area contributed by atoms with Gasteiger partial charge in [0.15, 0.2) is 0 Å². The van der Waals surface area contributed by atoms with E-state index in [1.165, 1.54) is 0 Å². The van der Waals surface area contributed by atoms with Crippen molar-refractivity contribution < 1.29 is 0 Å². The molecule has 5 heteroatoms. The number of nitrogens with one attached hydrogen (secondary N) is 1. The SMILES string of the molecule is NNC(Cc1ccccc1Cl)Cc1ccc(Br)cc1Cl. The lowest BCUT2D eigenvalue weighted by Crippen LogP contribution is -2.38. The summed E-state index contributed by atoms with van der Waals surface area (Å²) in [6.07, 6.45) is 1.50. The van der Waals surface area contributed by atoms with Gasteiger partial charge in [-0.2, -0.15) is 0 Å². The summed E-state index contributed by atoms with van der Waals surface area (Å²) in [6.45, 7) is 0. The molecule has 0 bridgehead atoms. The molecule has 0 saturated heterocycles. The van der Waals surface area contributed by atoms with E-state index in [0.717, 1.165) is 38.5 Å². The maximum atomic E-state index is 6.24. The lowest BCUT2D eigenvalue weighted by molar-refractivity contribution is 0.522. The largest absolute Gasteiger partial charge is 0.271 e. The van der Waals surface area contributed by atoms with Crippen LogP contribution < -0.4 is 11.3 Å². The van der Waals surface area contributed by atoms with Crippen LogP contribution in [-0.2, 0) is 12.8 Å². The van der Waals surface area contributed by atoms with Gasteiger partial charge in [0.2, 0.25) is 0 Å². The molecule has 0 aliphatic heterocycles. The van der Waals surface area contributed by atoms with Gasteiger partial charge in [-0.15, -0.1) is 0 Å². The third-order valence-electron chi connectivity index (χ3n) is 3.14. The molecule has 2 rings (SSSR count). The summed E-state index contributed by atoms with van der Waals surface area (Å²) < 4.78 is 0.967. The number of nitrogens with two attached hydrogens (primary N) is 1. The van der Waals surface area contributed by atoms with E-state index >= 15 is 0 Å². The molecule has 0 aromatic heterocycles. The molecule has 2 nitrogen and oxygen atoms in total. The van der Waals surface area contributed by atoms with Crippen LogP contribution >= 0.6 is 39.1 Å². The predicted molar refractivity (Wildman–Crippen MR) is 89.1 cm³/mol. The van der Waals surface area contributed by atoms with Crippen molar-refractivity contribution in [2.75, 3.05) is 0 Å². The highest BCUT2D eigenvalue weighted by Crippen LogP contribution is 2.24. The van der Waals surface area contributed by atoms with Gasteiger partial charge in [0.1, 0.15) is 0 Å². The Hall–Kier alpha value is -0.580. The molecule has 0 amide bonds. The van der Waals surface area contributed by atoms with Gasteiger partial charge in [-0.3, -0.25) is 11.3 Å². The number of halogens is 3. The van der Waals surface area contributed by atoms with Crippen molar-refractivity contribution in [3.8, 4) is 0 Å². The summed E-state index contributed by atoms with van der Waals surface area (Å²) >= 11 is 15.8. The molecular formula is C15H15BrCl2N2. The third kappa shape index (κ3) is 4.21. The summed E-state index contributed by atoms with van der Waals surface area (Å²) in [5.41, 5.74) is 4.97. The second kappa shape index (κ2) is 7.43. The van der Waals surface area contributed by atoms with Crippen molar-refractivity contribution in [1.29, 1.82) is 0 Å². The van der Waals surface area contributed by atoms with Crippen molar-refractivity contribution in [2.45, 2.75) is 18.9 Å². The molecule has 106 valence electrons. The summed E-state index contributed by atoms with van der Waals surface area (Å²) in [6, 6.07) is 13.7. The molecule has 0 spiro atoms. The Morgan fingerprint density at radius 3 is 2.25 bits per heavy atom. The minimum Gasteiger partial charge on any atom is -0.271 e. The van der Waals surface area contributed by atoms with Crippen LogP contribution in [0.15, 0.2) is 46.9 Å². The van der Waals surface area contributed by atoms with Crippen molar-refractivity contribution in [1.82, 2.24) is 5.43 Å². The summed E-state index contributed by atoms with van der Waals surface area (Å²) in [7, 11) is 0. The van der Waals surface area contributed by atoms with Crippen LogP contribution in [0.4, 0.5) is 0 Å². The zero-order chi connectivity index (χ0) is 14.5. The molecule has 2 aromatic rings. The number of hydrogen-bond acceptors (Lipinski definition) is 2. The second-order valence-electron chi connectivity index (χ2n) is 4.60. The zero-order valence-corrected chi connectivity index (χ0v) is 13.8. The Kier molecular flexibility index (Phi) is 5.87. The Balaban J connectivity index is 2.11. The first kappa shape index (κ1) is 15.8. The molecule has 1 atom stereocenters. The van der Waals surface area contributed by atoms with E-state index in [1.54, 1.807) is 0 Å². The minimum atomic E-state index is 0.0774. The normalized spacial score (nSPS) is 12.4. The van der Waals surface area contributed by atoms with Crippen molar-refractivity contribution in [2.24, 2.45) is 5.84 Å².